The van der Waals surface area contributed by atoms with Crippen molar-refractivity contribution in [1.29, 1.82) is 0 Å². The average molecular weight is 741 g/mol. The molecule has 7 rings (SSSR count). The van der Waals surface area contributed by atoms with Gasteiger partial charge < -0.3 is 4.90 Å². The molecule has 1 aromatic carbocycles. The first-order valence-corrected chi connectivity index (χ1v) is 18.4. The fraction of sp³-hybridized carbons (Fsp3) is 0.463. The Balaban J connectivity index is 1.31. The Morgan fingerprint density at radius 3 is 2.43 bits per heavy atom. The summed E-state index contributed by atoms with van der Waals surface area (Å²) in [5.41, 5.74) is 1.48. The maximum atomic E-state index is 14.6. The first kappa shape index (κ1) is 37.3. The SMILES string of the molecule is CC(=O)c1nn2c3c(cc(-c4cnc(C)nc4)cc13)C/C=C/CCC(C)(C)C(=O)CC[C@@]13C[C@@H](C(=O)Cc4nc(C(F)(F)F)ccc4C)N(C(=O)C2)[C@@H]1C3. The summed E-state index contributed by atoms with van der Waals surface area (Å²) in [6.45, 7) is 8.44. The molecule has 1 aliphatic carbocycles. The second-order valence-electron chi connectivity index (χ2n) is 15.8. The summed E-state index contributed by atoms with van der Waals surface area (Å²) in [4.78, 5) is 69.4. The van der Waals surface area contributed by atoms with E-state index in [4.69, 9.17) is 0 Å². The minimum absolute atomic E-state index is 0.0138. The van der Waals surface area contributed by atoms with Crippen molar-refractivity contribution in [2.75, 3.05) is 0 Å². The molecule has 3 atom stereocenters. The highest BCUT2D eigenvalue weighted by Gasteiger charge is 2.66. The molecule has 2 aliphatic heterocycles. The van der Waals surface area contributed by atoms with Crippen LogP contribution in [0.3, 0.4) is 0 Å². The summed E-state index contributed by atoms with van der Waals surface area (Å²) in [6.07, 6.45) is 5.93. The minimum Gasteiger partial charge on any atom is -0.327 e. The van der Waals surface area contributed by atoms with Crippen molar-refractivity contribution in [3.05, 3.63) is 82.8 Å². The van der Waals surface area contributed by atoms with Crippen LogP contribution in [-0.2, 0) is 39.9 Å². The van der Waals surface area contributed by atoms with Crippen LogP contribution in [-0.4, -0.2) is 65.0 Å². The lowest BCUT2D eigenvalue weighted by atomic mass is 9.79. The van der Waals surface area contributed by atoms with Crippen molar-refractivity contribution in [3.8, 4) is 11.1 Å². The molecule has 3 aromatic heterocycles. The molecule has 2 fully saturated rings. The number of piperidine rings is 1. The zero-order valence-electron chi connectivity index (χ0n) is 31.1. The fourth-order valence-corrected chi connectivity index (χ4v) is 8.28. The van der Waals surface area contributed by atoms with Crippen molar-refractivity contribution in [3.63, 3.8) is 0 Å². The number of ketones is 3. The van der Waals surface area contributed by atoms with Gasteiger partial charge in [0.1, 0.15) is 29.5 Å². The Labute approximate surface area is 311 Å². The predicted octanol–water partition coefficient (Wildman–Crippen LogP) is 7.17. The van der Waals surface area contributed by atoms with Gasteiger partial charge in [-0.2, -0.15) is 18.3 Å². The average Bonchev–Trinajstić information content (AvgIpc) is 3.52. The molecule has 5 heterocycles. The van der Waals surface area contributed by atoms with Crippen LogP contribution >= 0.6 is 0 Å². The number of carbonyl (C=O) groups excluding carboxylic acids is 4. The second-order valence-corrected chi connectivity index (χ2v) is 15.8. The standard InChI is InChI=1S/C41H43F3N6O4/c1-23-10-11-33(41(42,43)44)47-30(23)17-32(52)31-18-40-14-12-35(53)39(4,5)13-8-6-7-9-26-15-27(28-20-45-25(3)46-21-28)16-29-37(24(2)51)48-49(38(26)29)22-36(54)50(31)34(40)19-40/h6-7,10-11,15-16,20-21,31,34H,8-9,12-14,17-19,22H2,1-5H3/b7-6+/t31-,34+,40-/m0/s1. The van der Waals surface area contributed by atoms with Gasteiger partial charge in [-0.3, -0.25) is 23.9 Å². The summed E-state index contributed by atoms with van der Waals surface area (Å²) in [5.74, 6) is -0.346. The molecule has 54 heavy (non-hydrogen) atoms. The highest BCUT2D eigenvalue weighted by Crippen LogP contribution is 2.62. The predicted molar refractivity (Wildman–Crippen MR) is 194 cm³/mol. The monoisotopic (exact) mass is 740 g/mol. The van der Waals surface area contributed by atoms with E-state index in [-0.39, 0.29) is 47.9 Å². The van der Waals surface area contributed by atoms with E-state index in [0.717, 1.165) is 22.8 Å². The maximum absolute atomic E-state index is 14.6. The quantitative estimate of drug-likeness (QED) is 0.156. The number of halogens is 3. The summed E-state index contributed by atoms with van der Waals surface area (Å²) < 4.78 is 42.3. The number of amides is 1. The van der Waals surface area contributed by atoms with Crippen molar-refractivity contribution < 1.29 is 32.3 Å². The Hall–Kier alpha value is -5.07. The Bertz CT molecular complexity index is 2220. The lowest BCUT2D eigenvalue weighted by Gasteiger charge is -2.27. The first-order chi connectivity index (χ1) is 25.5. The van der Waals surface area contributed by atoms with Crippen molar-refractivity contribution in [2.24, 2.45) is 10.8 Å². The van der Waals surface area contributed by atoms with Gasteiger partial charge in [0.25, 0.3) is 0 Å². The zero-order valence-corrected chi connectivity index (χ0v) is 31.1. The number of hydrogen-bond donors (Lipinski definition) is 0. The van der Waals surface area contributed by atoms with Gasteiger partial charge in [0.05, 0.1) is 23.7 Å². The van der Waals surface area contributed by atoms with Crippen molar-refractivity contribution in [1.82, 2.24) is 29.6 Å². The number of rotatable bonds is 5. The highest BCUT2D eigenvalue weighted by atomic mass is 19.4. The lowest BCUT2D eigenvalue weighted by molar-refractivity contribution is -0.141. The Kier molecular flexibility index (Phi) is 9.42. The Morgan fingerprint density at radius 2 is 1.72 bits per heavy atom. The van der Waals surface area contributed by atoms with Gasteiger partial charge in [-0.15, -0.1) is 0 Å². The fourth-order valence-electron chi connectivity index (χ4n) is 8.28. The van der Waals surface area contributed by atoms with Gasteiger partial charge >= 0.3 is 6.18 Å². The van der Waals surface area contributed by atoms with Crippen LogP contribution in [0.2, 0.25) is 0 Å². The molecular weight excluding hydrogens is 697 g/mol. The van der Waals surface area contributed by atoms with Gasteiger partial charge in [0.15, 0.2) is 11.6 Å². The number of Topliss-reactive ketones (excluding diaryl/α,β-unsaturated/α-hetero) is 3. The number of nitrogens with zero attached hydrogens (tertiary/aromatic N) is 6. The third kappa shape index (κ3) is 7.00. The Morgan fingerprint density at radius 1 is 0.981 bits per heavy atom. The molecule has 3 aliphatic rings. The molecule has 4 aromatic rings. The largest absolute Gasteiger partial charge is 0.433 e. The third-order valence-electron chi connectivity index (χ3n) is 11.6. The molecular formula is C41H43F3N6O4. The number of hydrogen-bond acceptors (Lipinski definition) is 8. The van der Waals surface area contributed by atoms with Crippen LogP contribution in [0.5, 0.6) is 0 Å². The zero-order chi connectivity index (χ0) is 38.7. The minimum atomic E-state index is -4.68. The van der Waals surface area contributed by atoms with E-state index in [1.165, 1.54) is 13.0 Å². The maximum Gasteiger partial charge on any atom is 0.433 e. The second kappa shape index (κ2) is 13.7. The van der Waals surface area contributed by atoms with Crippen LogP contribution in [0, 0.1) is 24.7 Å². The van der Waals surface area contributed by atoms with E-state index in [1.807, 2.05) is 32.1 Å². The number of benzene rings is 1. The smallest absolute Gasteiger partial charge is 0.327 e. The molecule has 0 N–H and O–H groups in total. The summed E-state index contributed by atoms with van der Waals surface area (Å²) >= 11 is 0. The molecule has 282 valence electrons. The number of aryl methyl sites for hydroxylation is 2. The summed E-state index contributed by atoms with van der Waals surface area (Å²) in [5, 5.41) is 5.26. The van der Waals surface area contributed by atoms with Gasteiger partial charge in [0.2, 0.25) is 5.91 Å². The van der Waals surface area contributed by atoms with Crippen LogP contribution < -0.4 is 0 Å². The van der Waals surface area contributed by atoms with Crippen molar-refractivity contribution in [2.45, 2.75) is 111 Å². The molecule has 1 amide bonds. The number of allylic oxidation sites excluding steroid dienone is 2. The van der Waals surface area contributed by atoms with Gasteiger partial charge in [0, 0.05) is 48.1 Å². The van der Waals surface area contributed by atoms with Crippen LogP contribution in [0.4, 0.5) is 13.2 Å². The summed E-state index contributed by atoms with van der Waals surface area (Å²) in [7, 11) is 0. The molecule has 1 saturated carbocycles. The van der Waals surface area contributed by atoms with E-state index < -0.39 is 34.5 Å². The third-order valence-corrected chi connectivity index (χ3v) is 11.6. The molecule has 10 nitrogen and oxygen atoms in total. The topological polar surface area (TPSA) is 128 Å². The van der Waals surface area contributed by atoms with Crippen LogP contribution in [0.25, 0.3) is 22.0 Å². The molecule has 13 heteroatoms. The van der Waals surface area contributed by atoms with E-state index >= 15 is 0 Å². The van der Waals surface area contributed by atoms with Gasteiger partial charge in [-0.05, 0) is 92.7 Å². The number of alkyl halides is 3. The van der Waals surface area contributed by atoms with E-state index in [9.17, 15) is 32.3 Å². The molecule has 2 bridgehead atoms. The summed E-state index contributed by atoms with van der Waals surface area (Å²) in [6, 6.07) is 4.80. The normalized spacial score (nSPS) is 23.6. The number of carbonyl (C=O) groups is 4. The molecule has 0 unspecified atom stereocenters. The molecule has 1 saturated heterocycles. The van der Waals surface area contributed by atoms with Crippen molar-refractivity contribution >= 4 is 34.2 Å². The number of pyridine rings is 1. The van der Waals surface area contributed by atoms with E-state index in [1.54, 1.807) is 35.8 Å². The molecule has 0 radical (unpaired) electrons. The van der Waals surface area contributed by atoms with E-state index in [0.29, 0.717) is 67.2 Å². The van der Waals surface area contributed by atoms with Gasteiger partial charge in [-0.25, -0.2) is 15.0 Å². The van der Waals surface area contributed by atoms with E-state index in [2.05, 4.69) is 26.1 Å². The van der Waals surface area contributed by atoms with Gasteiger partial charge in [-0.1, -0.05) is 32.1 Å². The highest BCUT2D eigenvalue weighted by molar-refractivity contribution is 6.07. The number of aromatic nitrogens is 5. The van der Waals surface area contributed by atoms with Crippen LogP contribution in [0.15, 0.2) is 48.8 Å². The lowest BCUT2D eigenvalue weighted by Crippen LogP contribution is -2.45. The van der Waals surface area contributed by atoms with Crippen LogP contribution in [0.1, 0.15) is 98.1 Å². The molecule has 0 spiro atoms. The first-order valence-electron chi connectivity index (χ1n) is 18.4.